The third-order valence-corrected chi connectivity index (χ3v) is 6.63. The largest absolute Gasteiger partial charge is 0.338 e. The number of aromatic nitrogens is 4. The lowest BCUT2D eigenvalue weighted by Crippen LogP contribution is -2.34. The van der Waals surface area contributed by atoms with Gasteiger partial charge in [0.2, 0.25) is 0 Å². The standard InChI is InChI=1S/C26H24ClN7O/c27-20-12-18(11-19-15-30-34-22(19)20)24-23(17-9-5-2-6-10-17)32-25(21(13-28)31-24)33-26(35)29-14-16-7-3-1-4-8-16/h2,5-6,9-12,15-16H,1,3-4,7-8,14H2,(H,30,34)(H2,29,32,33,35). The number of hydrogen-bond acceptors (Lipinski definition) is 5. The van der Waals surface area contributed by atoms with E-state index in [-0.39, 0.29) is 11.5 Å². The van der Waals surface area contributed by atoms with Gasteiger partial charge in [-0.2, -0.15) is 10.4 Å². The number of carbonyl (C=O) groups excluding carboxylic acids is 1. The molecule has 0 atom stereocenters. The molecule has 0 spiro atoms. The van der Waals surface area contributed by atoms with Crippen molar-refractivity contribution in [2.75, 3.05) is 11.9 Å². The van der Waals surface area contributed by atoms with Gasteiger partial charge in [0.15, 0.2) is 11.5 Å². The molecule has 1 aliphatic carbocycles. The van der Waals surface area contributed by atoms with Crippen LogP contribution in [-0.2, 0) is 0 Å². The highest BCUT2D eigenvalue weighted by atomic mass is 35.5. The first-order valence-electron chi connectivity index (χ1n) is 11.7. The third-order valence-electron chi connectivity index (χ3n) is 6.33. The Balaban J connectivity index is 1.51. The van der Waals surface area contributed by atoms with E-state index in [9.17, 15) is 10.1 Å². The summed E-state index contributed by atoms with van der Waals surface area (Å²) in [6.45, 7) is 0.605. The summed E-state index contributed by atoms with van der Waals surface area (Å²) in [5.74, 6) is 0.604. The average molecular weight is 486 g/mol. The van der Waals surface area contributed by atoms with Crippen LogP contribution in [0.5, 0.6) is 0 Å². The molecule has 4 aromatic rings. The highest BCUT2D eigenvalue weighted by Crippen LogP contribution is 2.35. The van der Waals surface area contributed by atoms with Gasteiger partial charge in [-0.05, 0) is 30.9 Å². The van der Waals surface area contributed by atoms with Gasteiger partial charge >= 0.3 is 6.03 Å². The van der Waals surface area contributed by atoms with Crippen LogP contribution in [0, 0.1) is 17.2 Å². The number of nitrogens with one attached hydrogen (secondary N) is 3. The number of halogens is 1. The van der Waals surface area contributed by atoms with Gasteiger partial charge in [0, 0.05) is 23.1 Å². The number of hydrogen-bond donors (Lipinski definition) is 3. The summed E-state index contributed by atoms with van der Waals surface area (Å²) in [5, 5.41) is 23.7. The molecule has 2 amide bonds. The summed E-state index contributed by atoms with van der Waals surface area (Å²) < 4.78 is 0. The van der Waals surface area contributed by atoms with Crippen molar-refractivity contribution in [1.82, 2.24) is 25.5 Å². The second kappa shape index (κ2) is 10.1. The molecule has 1 fully saturated rings. The molecule has 0 bridgehead atoms. The van der Waals surface area contributed by atoms with Gasteiger partial charge in [-0.1, -0.05) is 61.2 Å². The number of amides is 2. The predicted molar refractivity (Wildman–Crippen MR) is 136 cm³/mol. The van der Waals surface area contributed by atoms with Crippen LogP contribution in [0.15, 0.2) is 48.7 Å². The summed E-state index contributed by atoms with van der Waals surface area (Å²) in [5.41, 5.74) is 3.26. The highest BCUT2D eigenvalue weighted by molar-refractivity contribution is 6.35. The number of H-pyrrole nitrogens is 1. The van der Waals surface area contributed by atoms with Crippen molar-refractivity contribution in [3.05, 3.63) is 59.4 Å². The van der Waals surface area contributed by atoms with Crippen molar-refractivity contribution in [3.63, 3.8) is 0 Å². The van der Waals surface area contributed by atoms with Gasteiger partial charge in [-0.3, -0.25) is 10.4 Å². The summed E-state index contributed by atoms with van der Waals surface area (Å²) >= 11 is 6.47. The number of urea groups is 1. The molecule has 2 heterocycles. The zero-order chi connectivity index (χ0) is 24.2. The number of nitriles is 1. The lowest BCUT2D eigenvalue weighted by molar-refractivity contribution is 0.247. The van der Waals surface area contributed by atoms with Crippen LogP contribution in [0.25, 0.3) is 33.4 Å². The zero-order valence-electron chi connectivity index (χ0n) is 19.0. The molecular formula is C26H24ClN7O. The van der Waals surface area contributed by atoms with E-state index in [1.165, 1.54) is 19.3 Å². The number of anilines is 1. The fourth-order valence-electron chi connectivity index (χ4n) is 4.53. The van der Waals surface area contributed by atoms with Crippen molar-refractivity contribution in [2.24, 2.45) is 5.92 Å². The molecule has 0 saturated heterocycles. The third kappa shape index (κ3) is 4.96. The minimum absolute atomic E-state index is 0.0240. The summed E-state index contributed by atoms with van der Waals surface area (Å²) in [4.78, 5) is 22.0. The predicted octanol–water partition coefficient (Wildman–Crippen LogP) is 5.91. The van der Waals surface area contributed by atoms with Crippen LogP contribution in [0.3, 0.4) is 0 Å². The highest BCUT2D eigenvalue weighted by Gasteiger charge is 2.20. The zero-order valence-corrected chi connectivity index (χ0v) is 19.8. The monoisotopic (exact) mass is 485 g/mol. The Morgan fingerprint density at radius 3 is 2.63 bits per heavy atom. The summed E-state index contributed by atoms with van der Waals surface area (Å²) in [6, 6.07) is 14.9. The van der Waals surface area contributed by atoms with Crippen LogP contribution in [0.1, 0.15) is 37.8 Å². The van der Waals surface area contributed by atoms with E-state index in [1.807, 2.05) is 36.4 Å². The Morgan fingerprint density at radius 1 is 1.09 bits per heavy atom. The molecule has 9 heteroatoms. The van der Waals surface area contributed by atoms with Crippen molar-refractivity contribution < 1.29 is 4.79 Å². The minimum Gasteiger partial charge on any atom is -0.338 e. The van der Waals surface area contributed by atoms with Crippen LogP contribution < -0.4 is 10.6 Å². The first-order valence-corrected chi connectivity index (χ1v) is 12.1. The molecule has 0 aliphatic heterocycles. The van der Waals surface area contributed by atoms with E-state index < -0.39 is 6.03 Å². The van der Waals surface area contributed by atoms with Gasteiger partial charge in [0.25, 0.3) is 0 Å². The molecule has 1 saturated carbocycles. The maximum atomic E-state index is 12.7. The van der Waals surface area contributed by atoms with E-state index >= 15 is 0 Å². The van der Waals surface area contributed by atoms with E-state index in [1.54, 1.807) is 12.3 Å². The van der Waals surface area contributed by atoms with E-state index in [2.05, 4.69) is 31.9 Å². The first-order chi connectivity index (χ1) is 17.1. The summed E-state index contributed by atoms with van der Waals surface area (Å²) in [6.07, 6.45) is 7.60. The fourth-order valence-corrected chi connectivity index (χ4v) is 4.80. The lowest BCUT2D eigenvalue weighted by atomic mass is 9.89. The fraction of sp³-hybridized carbons (Fsp3) is 0.269. The Bertz CT molecular complexity index is 1400. The normalized spacial score (nSPS) is 13.9. The van der Waals surface area contributed by atoms with Crippen LogP contribution in [-0.4, -0.2) is 32.7 Å². The molecular weight excluding hydrogens is 462 g/mol. The maximum absolute atomic E-state index is 12.7. The van der Waals surface area contributed by atoms with Gasteiger partial charge < -0.3 is 5.32 Å². The Morgan fingerprint density at radius 2 is 1.86 bits per heavy atom. The molecule has 0 radical (unpaired) electrons. The van der Waals surface area contributed by atoms with Crippen molar-refractivity contribution in [1.29, 1.82) is 5.26 Å². The van der Waals surface area contributed by atoms with Crippen LogP contribution >= 0.6 is 11.6 Å². The van der Waals surface area contributed by atoms with Gasteiger partial charge in [-0.15, -0.1) is 0 Å². The number of nitrogens with zero attached hydrogens (tertiary/aromatic N) is 4. The number of aromatic amines is 1. The quantitative estimate of drug-likeness (QED) is 0.324. The van der Waals surface area contributed by atoms with Crippen LogP contribution in [0.2, 0.25) is 5.02 Å². The number of fused-ring (bicyclic) bond motifs is 1. The van der Waals surface area contributed by atoms with Gasteiger partial charge in [0.1, 0.15) is 6.07 Å². The minimum atomic E-state index is -0.393. The Kier molecular flexibility index (Phi) is 6.59. The number of benzene rings is 2. The average Bonchev–Trinajstić information content (AvgIpc) is 3.38. The van der Waals surface area contributed by atoms with Gasteiger partial charge in [0.05, 0.1) is 28.1 Å². The van der Waals surface area contributed by atoms with Gasteiger partial charge in [-0.25, -0.2) is 14.8 Å². The van der Waals surface area contributed by atoms with Crippen molar-refractivity contribution in [2.45, 2.75) is 32.1 Å². The first kappa shape index (κ1) is 22.8. The molecule has 5 rings (SSSR count). The molecule has 0 unspecified atom stereocenters. The lowest BCUT2D eigenvalue weighted by Gasteiger charge is -2.21. The summed E-state index contributed by atoms with van der Waals surface area (Å²) in [7, 11) is 0. The Labute approximate surface area is 207 Å². The second-order valence-electron chi connectivity index (χ2n) is 8.73. The van der Waals surface area contributed by atoms with E-state index in [0.29, 0.717) is 34.4 Å². The second-order valence-corrected chi connectivity index (χ2v) is 9.13. The van der Waals surface area contributed by atoms with Crippen molar-refractivity contribution >= 4 is 34.4 Å². The van der Waals surface area contributed by atoms with E-state index in [0.717, 1.165) is 29.3 Å². The molecule has 2 aromatic carbocycles. The van der Waals surface area contributed by atoms with E-state index in [4.69, 9.17) is 16.6 Å². The molecule has 2 aromatic heterocycles. The topological polar surface area (TPSA) is 119 Å². The SMILES string of the molecule is N#Cc1nc(-c2cc(Cl)c3[nH]ncc3c2)c(-c2ccccc2)nc1NC(=O)NCC1CCCCC1. The molecule has 176 valence electrons. The van der Waals surface area contributed by atoms with Crippen LogP contribution in [0.4, 0.5) is 10.6 Å². The number of carbonyl (C=O) groups is 1. The molecule has 1 aliphatic rings. The number of rotatable bonds is 5. The Hall–Kier alpha value is -3.96. The maximum Gasteiger partial charge on any atom is 0.320 e. The smallest absolute Gasteiger partial charge is 0.320 e. The molecule has 3 N–H and O–H groups in total. The molecule has 8 nitrogen and oxygen atoms in total. The molecule has 35 heavy (non-hydrogen) atoms. The van der Waals surface area contributed by atoms with Crippen molar-refractivity contribution in [3.8, 4) is 28.6 Å².